The van der Waals surface area contributed by atoms with Crippen molar-refractivity contribution in [2.45, 2.75) is 46.1 Å². The Labute approximate surface area is 108 Å². The van der Waals surface area contributed by atoms with Gasteiger partial charge in [-0.2, -0.15) is 0 Å². The second-order valence-electron chi connectivity index (χ2n) is 5.70. The summed E-state index contributed by atoms with van der Waals surface area (Å²) in [5.41, 5.74) is 0.170. The number of esters is 1. The van der Waals surface area contributed by atoms with Crippen LogP contribution in [0.4, 0.5) is 0 Å². The molecule has 0 aromatic rings. The van der Waals surface area contributed by atoms with E-state index in [1.165, 1.54) is 13.2 Å². The van der Waals surface area contributed by atoms with Crippen LogP contribution in [0.15, 0.2) is 11.6 Å². The predicted octanol–water partition coefficient (Wildman–Crippen LogP) is 1.86. The Morgan fingerprint density at radius 2 is 2.22 bits per heavy atom. The number of methoxy groups -OCH3 is 1. The zero-order chi connectivity index (χ0) is 13.9. The van der Waals surface area contributed by atoms with Crippen molar-refractivity contribution in [1.29, 1.82) is 0 Å². The summed E-state index contributed by atoms with van der Waals surface area (Å²) in [5.74, 6) is -0.516. The van der Waals surface area contributed by atoms with Gasteiger partial charge in [0.25, 0.3) is 0 Å². The van der Waals surface area contributed by atoms with Gasteiger partial charge in [0.1, 0.15) is 0 Å². The number of hydrogen-bond donors (Lipinski definition) is 1. The van der Waals surface area contributed by atoms with Gasteiger partial charge in [0, 0.05) is 12.0 Å². The number of allylic oxidation sites excluding steroid dienone is 1. The summed E-state index contributed by atoms with van der Waals surface area (Å²) in [4.78, 5) is 23.4. The summed E-state index contributed by atoms with van der Waals surface area (Å²) in [5, 5.41) is 9.38. The number of aliphatic hydroxyl groups is 1. The summed E-state index contributed by atoms with van der Waals surface area (Å²) < 4.78 is 4.75. The minimum atomic E-state index is -0.438. The molecule has 0 aliphatic heterocycles. The Bertz CT molecular complexity index is 366. The summed E-state index contributed by atoms with van der Waals surface area (Å²) in [7, 11) is 1.32. The third kappa shape index (κ3) is 3.42. The molecule has 1 aliphatic rings. The average molecular weight is 254 g/mol. The van der Waals surface area contributed by atoms with Gasteiger partial charge in [-0.15, -0.1) is 0 Å². The summed E-state index contributed by atoms with van der Waals surface area (Å²) in [6, 6.07) is 0. The van der Waals surface area contributed by atoms with Gasteiger partial charge in [0.15, 0.2) is 5.78 Å². The van der Waals surface area contributed by atoms with E-state index in [1.807, 2.05) is 13.8 Å². The van der Waals surface area contributed by atoms with Crippen LogP contribution in [0.3, 0.4) is 0 Å². The second kappa shape index (κ2) is 5.65. The highest BCUT2D eigenvalue weighted by molar-refractivity contribution is 6.01. The maximum Gasteiger partial charge on any atom is 0.334 e. The van der Waals surface area contributed by atoms with Crippen molar-refractivity contribution in [3.63, 3.8) is 0 Å². The highest BCUT2D eigenvalue weighted by atomic mass is 16.5. The standard InChI is InChI=1S/C14H22O4/c1-9(15)5-6-12-11(13(17)18-4)7-10(16)8-14(12,2)3/h7,9,12,15H,5-6,8H2,1-4H3/t9-,12+/m0/s1. The van der Waals surface area contributed by atoms with Crippen molar-refractivity contribution in [3.05, 3.63) is 11.6 Å². The van der Waals surface area contributed by atoms with Crippen molar-refractivity contribution in [3.8, 4) is 0 Å². The molecule has 0 aromatic carbocycles. The normalized spacial score (nSPS) is 24.4. The number of ether oxygens (including phenoxy) is 1. The van der Waals surface area contributed by atoms with E-state index in [2.05, 4.69) is 0 Å². The zero-order valence-electron chi connectivity index (χ0n) is 11.5. The first-order valence-corrected chi connectivity index (χ1v) is 6.28. The van der Waals surface area contributed by atoms with Crippen molar-refractivity contribution >= 4 is 11.8 Å². The molecule has 0 radical (unpaired) electrons. The molecule has 102 valence electrons. The van der Waals surface area contributed by atoms with Gasteiger partial charge in [0.05, 0.1) is 13.2 Å². The Hall–Kier alpha value is -1.16. The maximum atomic E-state index is 11.8. The van der Waals surface area contributed by atoms with Gasteiger partial charge >= 0.3 is 5.97 Å². The molecule has 0 saturated carbocycles. The van der Waals surface area contributed by atoms with E-state index in [1.54, 1.807) is 6.92 Å². The van der Waals surface area contributed by atoms with Crippen LogP contribution in [0.1, 0.15) is 40.0 Å². The van der Waals surface area contributed by atoms with Crippen LogP contribution in [0.5, 0.6) is 0 Å². The van der Waals surface area contributed by atoms with Crippen molar-refractivity contribution < 1.29 is 19.4 Å². The summed E-state index contributed by atoms with van der Waals surface area (Å²) >= 11 is 0. The molecule has 4 nitrogen and oxygen atoms in total. The number of carbonyl (C=O) groups is 2. The number of rotatable bonds is 4. The number of ketones is 1. The minimum absolute atomic E-state index is 0.0336. The largest absolute Gasteiger partial charge is 0.466 e. The Balaban J connectivity index is 3.00. The molecule has 4 heteroatoms. The first-order valence-electron chi connectivity index (χ1n) is 6.28. The lowest BCUT2D eigenvalue weighted by Gasteiger charge is -2.37. The first-order chi connectivity index (χ1) is 8.27. The highest BCUT2D eigenvalue weighted by Crippen LogP contribution is 2.42. The van der Waals surface area contributed by atoms with E-state index in [0.29, 0.717) is 24.8 Å². The molecule has 18 heavy (non-hydrogen) atoms. The minimum Gasteiger partial charge on any atom is -0.466 e. The van der Waals surface area contributed by atoms with E-state index in [0.717, 1.165) is 0 Å². The fourth-order valence-electron chi connectivity index (χ4n) is 2.59. The van der Waals surface area contributed by atoms with E-state index >= 15 is 0 Å². The molecule has 2 atom stereocenters. The smallest absolute Gasteiger partial charge is 0.334 e. The molecule has 0 bridgehead atoms. The van der Waals surface area contributed by atoms with E-state index in [9.17, 15) is 14.7 Å². The molecule has 0 amide bonds. The van der Waals surface area contributed by atoms with Crippen LogP contribution in [0.2, 0.25) is 0 Å². The molecule has 0 fully saturated rings. The van der Waals surface area contributed by atoms with Crippen LogP contribution < -0.4 is 0 Å². The first kappa shape index (κ1) is 14.9. The summed E-state index contributed by atoms with van der Waals surface area (Å²) in [6.07, 6.45) is 2.72. The predicted molar refractivity (Wildman–Crippen MR) is 67.9 cm³/mol. The van der Waals surface area contributed by atoms with Gasteiger partial charge in [-0.25, -0.2) is 4.79 Å². The number of aliphatic hydroxyl groups excluding tert-OH is 1. The van der Waals surface area contributed by atoms with E-state index < -0.39 is 12.1 Å². The van der Waals surface area contributed by atoms with Gasteiger partial charge in [-0.1, -0.05) is 13.8 Å². The Kier molecular flexibility index (Phi) is 4.68. The second-order valence-corrected chi connectivity index (χ2v) is 5.70. The topological polar surface area (TPSA) is 63.6 Å². The molecule has 1 rings (SSSR count). The summed E-state index contributed by atoms with van der Waals surface area (Å²) in [6.45, 7) is 5.68. The average Bonchev–Trinajstić information content (AvgIpc) is 2.24. The van der Waals surface area contributed by atoms with Crippen LogP contribution in [-0.2, 0) is 14.3 Å². The van der Waals surface area contributed by atoms with Crippen LogP contribution in [0.25, 0.3) is 0 Å². The molecule has 0 saturated heterocycles. The van der Waals surface area contributed by atoms with Crippen LogP contribution in [-0.4, -0.2) is 30.1 Å². The lowest BCUT2D eigenvalue weighted by atomic mass is 9.66. The lowest BCUT2D eigenvalue weighted by molar-refractivity contribution is -0.138. The van der Waals surface area contributed by atoms with Crippen molar-refractivity contribution in [1.82, 2.24) is 0 Å². The van der Waals surface area contributed by atoms with Crippen molar-refractivity contribution in [2.75, 3.05) is 7.11 Å². The zero-order valence-corrected chi connectivity index (χ0v) is 11.5. The van der Waals surface area contributed by atoms with Crippen LogP contribution >= 0.6 is 0 Å². The quantitative estimate of drug-likeness (QED) is 0.778. The third-order valence-electron chi connectivity index (χ3n) is 3.56. The fourth-order valence-corrected chi connectivity index (χ4v) is 2.59. The molecule has 1 N–H and O–H groups in total. The Morgan fingerprint density at radius 3 is 2.72 bits per heavy atom. The maximum absolute atomic E-state index is 11.8. The van der Waals surface area contributed by atoms with Gasteiger partial charge in [-0.3, -0.25) is 4.79 Å². The highest BCUT2D eigenvalue weighted by Gasteiger charge is 2.40. The van der Waals surface area contributed by atoms with Gasteiger partial charge in [-0.05, 0) is 37.2 Å². The van der Waals surface area contributed by atoms with Gasteiger partial charge in [0.2, 0.25) is 0 Å². The molecule has 1 aliphatic carbocycles. The van der Waals surface area contributed by atoms with Gasteiger partial charge < -0.3 is 9.84 Å². The lowest BCUT2D eigenvalue weighted by Crippen LogP contribution is -2.35. The number of hydrogen-bond acceptors (Lipinski definition) is 4. The Morgan fingerprint density at radius 1 is 1.61 bits per heavy atom. The molecular formula is C14H22O4. The third-order valence-corrected chi connectivity index (χ3v) is 3.56. The van der Waals surface area contributed by atoms with Crippen molar-refractivity contribution in [2.24, 2.45) is 11.3 Å². The molecule has 0 spiro atoms. The fraction of sp³-hybridized carbons (Fsp3) is 0.714. The number of carbonyl (C=O) groups excluding carboxylic acids is 2. The van der Waals surface area contributed by atoms with Crippen LogP contribution in [0, 0.1) is 11.3 Å². The van der Waals surface area contributed by atoms with E-state index in [-0.39, 0.29) is 17.1 Å². The van der Waals surface area contributed by atoms with E-state index in [4.69, 9.17) is 4.74 Å². The molecule has 0 aromatic heterocycles. The SMILES string of the molecule is COC(=O)C1=CC(=O)CC(C)(C)[C@@H]1CC[C@H](C)O. The molecule has 0 heterocycles. The molecule has 0 unspecified atom stereocenters. The molecular weight excluding hydrogens is 232 g/mol. The monoisotopic (exact) mass is 254 g/mol.